The number of sulfonamides is 1. The van der Waals surface area contributed by atoms with Crippen LogP contribution >= 0.6 is 15.9 Å². The number of amides is 2. The molecule has 0 bridgehead atoms. The molecular weight excluding hydrogens is 368 g/mol. The first-order valence-corrected chi connectivity index (χ1v) is 7.81. The molecule has 112 valence electrons. The van der Waals surface area contributed by atoms with E-state index in [1.165, 1.54) is 12.1 Å². The van der Waals surface area contributed by atoms with Crippen LogP contribution in [0.1, 0.15) is 10.4 Å². The van der Waals surface area contributed by atoms with Crippen molar-refractivity contribution in [2.45, 2.75) is 4.90 Å². The maximum atomic E-state index is 12.4. The average Bonchev–Trinajstić information content (AvgIpc) is 2.37. The minimum absolute atomic E-state index is 0.144. The van der Waals surface area contributed by atoms with Crippen LogP contribution < -0.4 is 5.32 Å². The van der Waals surface area contributed by atoms with E-state index in [4.69, 9.17) is 5.11 Å². The lowest BCUT2D eigenvalue weighted by molar-refractivity contribution is -0.134. The van der Waals surface area contributed by atoms with Gasteiger partial charge in [0.15, 0.2) is 0 Å². The molecule has 1 heterocycles. The summed E-state index contributed by atoms with van der Waals surface area (Å²) in [6, 6.07) is 3.49. The maximum Gasteiger partial charge on any atom is 0.335 e. The zero-order valence-electron chi connectivity index (χ0n) is 10.4. The smallest absolute Gasteiger partial charge is 0.335 e. The second-order valence-corrected chi connectivity index (χ2v) is 6.96. The zero-order chi connectivity index (χ0) is 15.8. The lowest BCUT2D eigenvalue weighted by Gasteiger charge is -2.25. The molecule has 0 aromatic heterocycles. The standard InChI is InChI=1S/C11H9BrN2O6S/c12-7-2-1-6(11(17)18)3-8(7)21(19,20)14-4-9(15)13-10(16)5-14/h1-3H,4-5H2,(H,17,18)(H,13,15,16). The van der Waals surface area contributed by atoms with Crippen molar-refractivity contribution in [3.8, 4) is 0 Å². The number of halogens is 1. The Kier molecular flexibility index (Phi) is 4.12. The summed E-state index contributed by atoms with van der Waals surface area (Å²) >= 11 is 3.03. The van der Waals surface area contributed by atoms with E-state index in [0.717, 1.165) is 6.07 Å². The first-order chi connectivity index (χ1) is 9.71. The topological polar surface area (TPSA) is 121 Å². The third-order valence-corrected chi connectivity index (χ3v) is 5.50. The quantitative estimate of drug-likeness (QED) is 0.704. The Morgan fingerprint density at radius 3 is 2.33 bits per heavy atom. The Labute approximate surface area is 127 Å². The number of carboxylic acids is 1. The fourth-order valence-corrected chi connectivity index (χ4v) is 4.06. The molecule has 8 nitrogen and oxygen atoms in total. The number of piperazine rings is 1. The summed E-state index contributed by atoms with van der Waals surface area (Å²) in [7, 11) is -4.17. The van der Waals surface area contributed by atoms with E-state index < -0.39 is 40.9 Å². The summed E-state index contributed by atoms with van der Waals surface area (Å²) in [5.74, 6) is -2.76. The van der Waals surface area contributed by atoms with E-state index in [2.05, 4.69) is 15.9 Å². The highest BCUT2D eigenvalue weighted by Gasteiger charge is 2.34. The van der Waals surface area contributed by atoms with Gasteiger partial charge in [0.1, 0.15) is 0 Å². The number of benzene rings is 1. The number of carbonyl (C=O) groups excluding carboxylic acids is 2. The van der Waals surface area contributed by atoms with Gasteiger partial charge >= 0.3 is 5.97 Å². The van der Waals surface area contributed by atoms with E-state index >= 15 is 0 Å². The SMILES string of the molecule is O=C1CN(S(=O)(=O)c2cc(C(=O)O)ccc2Br)CC(=O)N1. The van der Waals surface area contributed by atoms with E-state index in [9.17, 15) is 22.8 Å². The molecule has 2 amide bonds. The molecular formula is C11H9BrN2O6S. The molecule has 2 N–H and O–H groups in total. The van der Waals surface area contributed by atoms with Crippen molar-refractivity contribution in [2.75, 3.05) is 13.1 Å². The predicted octanol–water partition coefficient (Wildman–Crippen LogP) is -0.206. The van der Waals surface area contributed by atoms with Crippen LogP contribution in [0.25, 0.3) is 0 Å². The van der Waals surface area contributed by atoms with Crippen molar-refractivity contribution in [2.24, 2.45) is 0 Å². The molecule has 1 saturated heterocycles. The summed E-state index contributed by atoms with van der Waals surface area (Å²) < 4.78 is 25.7. The molecule has 1 aliphatic heterocycles. The van der Waals surface area contributed by atoms with Gasteiger partial charge in [-0.2, -0.15) is 4.31 Å². The molecule has 0 radical (unpaired) electrons. The minimum Gasteiger partial charge on any atom is -0.478 e. The third-order valence-electron chi connectivity index (χ3n) is 2.71. The highest BCUT2D eigenvalue weighted by Crippen LogP contribution is 2.26. The van der Waals surface area contributed by atoms with Crippen molar-refractivity contribution in [1.29, 1.82) is 0 Å². The normalized spacial score (nSPS) is 16.6. The van der Waals surface area contributed by atoms with Crippen LogP contribution in [-0.2, 0) is 19.6 Å². The van der Waals surface area contributed by atoms with Gasteiger partial charge in [-0.15, -0.1) is 0 Å². The number of nitrogens with one attached hydrogen (secondary N) is 1. The van der Waals surface area contributed by atoms with Gasteiger partial charge in [0.05, 0.1) is 23.5 Å². The van der Waals surface area contributed by atoms with Gasteiger partial charge in [0.25, 0.3) is 0 Å². The molecule has 0 atom stereocenters. The van der Waals surface area contributed by atoms with Crippen LogP contribution in [0.3, 0.4) is 0 Å². The van der Waals surface area contributed by atoms with Gasteiger partial charge in [-0.05, 0) is 34.1 Å². The molecule has 2 rings (SSSR count). The maximum absolute atomic E-state index is 12.4. The lowest BCUT2D eigenvalue weighted by Crippen LogP contribution is -2.53. The molecule has 1 aromatic rings. The Morgan fingerprint density at radius 2 is 1.81 bits per heavy atom. The van der Waals surface area contributed by atoms with Gasteiger partial charge in [-0.1, -0.05) is 0 Å². The molecule has 1 fully saturated rings. The summed E-state index contributed by atoms with van der Waals surface area (Å²) in [5.41, 5.74) is -0.218. The second-order valence-electron chi connectivity index (χ2n) is 4.19. The van der Waals surface area contributed by atoms with Gasteiger partial charge in [0, 0.05) is 4.47 Å². The van der Waals surface area contributed by atoms with E-state index in [0.29, 0.717) is 4.31 Å². The lowest BCUT2D eigenvalue weighted by atomic mass is 10.2. The van der Waals surface area contributed by atoms with Crippen LogP contribution in [0.5, 0.6) is 0 Å². The van der Waals surface area contributed by atoms with Crippen molar-refractivity contribution < 1.29 is 27.9 Å². The zero-order valence-corrected chi connectivity index (χ0v) is 12.8. The number of hydrogen-bond acceptors (Lipinski definition) is 5. The Balaban J connectivity index is 2.48. The van der Waals surface area contributed by atoms with E-state index in [1.807, 2.05) is 5.32 Å². The van der Waals surface area contributed by atoms with Gasteiger partial charge in [-0.25, -0.2) is 13.2 Å². The van der Waals surface area contributed by atoms with Crippen LogP contribution in [0.2, 0.25) is 0 Å². The summed E-state index contributed by atoms with van der Waals surface area (Å²) in [6.45, 7) is -1.00. The van der Waals surface area contributed by atoms with Crippen LogP contribution in [0.4, 0.5) is 0 Å². The number of rotatable bonds is 3. The van der Waals surface area contributed by atoms with E-state index in [-0.39, 0.29) is 14.9 Å². The fourth-order valence-electron chi connectivity index (χ4n) is 1.75. The number of nitrogens with zero attached hydrogens (tertiary/aromatic N) is 1. The molecule has 1 aliphatic rings. The average molecular weight is 377 g/mol. The van der Waals surface area contributed by atoms with Crippen molar-refractivity contribution in [3.63, 3.8) is 0 Å². The summed E-state index contributed by atoms with van der Waals surface area (Å²) in [4.78, 5) is 33.2. The molecule has 0 saturated carbocycles. The minimum atomic E-state index is -4.17. The monoisotopic (exact) mass is 376 g/mol. The predicted molar refractivity (Wildman–Crippen MR) is 73.0 cm³/mol. The number of carbonyl (C=O) groups is 3. The first kappa shape index (κ1) is 15.6. The number of carboxylic acid groups (broad SMARTS) is 1. The van der Waals surface area contributed by atoms with Crippen LogP contribution in [-0.4, -0.2) is 48.7 Å². The fraction of sp³-hybridized carbons (Fsp3) is 0.182. The Morgan fingerprint density at radius 1 is 1.24 bits per heavy atom. The van der Waals surface area contributed by atoms with Crippen LogP contribution in [0.15, 0.2) is 27.6 Å². The molecule has 0 spiro atoms. The van der Waals surface area contributed by atoms with Crippen molar-refractivity contribution in [3.05, 3.63) is 28.2 Å². The summed E-state index contributed by atoms with van der Waals surface area (Å²) in [6.07, 6.45) is 0. The van der Waals surface area contributed by atoms with Gasteiger partial charge in [0.2, 0.25) is 21.8 Å². The number of hydrogen-bond donors (Lipinski definition) is 2. The van der Waals surface area contributed by atoms with E-state index in [1.54, 1.807) is 0 Å². The molecule has 0 aliphatic carbocycles. The molecule has 21 heavy (non-hydrogen) atoms. The first-order valence-electron chi connectivity index (χ1n) is 5.57. The molecule has 1 aromatic carbocycles. The van der Waals surface area contributed by atoms with Gasteiger partial charge in [-0.3, -0.25) is 14.9 Å². The summed E-state index contributed by atoms with van der Waals surface area (Å²) in [5, 5.41) is 10.9. The Bertz CT molecular complexity index is 729. The van der Waals surface area contributed by atoms with Crippen molar-refractivity contribution in [1.82, 2.24) is 9.62 Å². The van der Waals surface area contributed by atoms with Crippen LogP contribution in [0, 0.1) is 0 Å². The molecule has 0 unspecified atom stereocenters. The van der Waals surface area contributed by atoms with Crippen molar-refractivity contribution >= 4 is 43.7 Å². The third kappa shape index (κ3) is 3.12. The second kappa shape index (κ2) is 5.54. The van der Waals surface area contributed by atoms with Gasteiger partial charge < -0.3 is 5.11 Å². The number of imide groups is 1. The number of aromatic carboxylic acids is 1. The largest absolute Gasteiger partial charge is 0.478 e. The highest BCUT2D eigenvalue weighted by atomic mass is 79.9. The molecule has 10 heteroatoms. The highest BCUT2D eigenvalue weighted by molar-refractivity contribution is 9.10. The Hall–Kier alpha value is -1.78.